The third kappa shape index (κ3) is 3.76. The molecule has 1 N–H and O–H groups in total. The number of hydrogen-bond acceptors (Lipinski definition) is 7. The highest BCUT2D eigenvalue weighted by atomic mass is 16.6. The van der Waals surface area contributed by atoms with Crippen molar-refractivity contribution >= 4 is 23.0 Å². The fourth-order valence-electron chi connectivity index (χ4n) is 3.20. The van der Waals surface area contributed by atoms with E-state index < -0.39 is 10.9 Å². The van der Waals surface area contributed by atoms with E-state index in [1.807, 2.05) is 19.4 Å². The van der Waals surface area contributed by atoms with Gasteiger partial charge in [-0.3, -0.25) is 14.8 Å². The van der Waals surface area contributed by atoms with Crippen LogP contribution in [-0.2, 0) is 11.8 Å². The van der Waals surface area contributed by atoms with Crippen molar-refractivity contribution in [1.29, 1.82) is 0 Å². The summed E-state index contributed by atoms with van der Waals surface area (Å²) >= 11 is 0. The molecule has 1 aliphatic heterocycles. The molecule has 1 aromatic heterocycles. The predicted octanol–water partition coefficient (Wildman–Crippen LogP) is 2.20. The number of anilines is 2. The number of carbonyl (C=O) groups is 1. The molecule has 1 aromatic carbocycles. The molecule has 1 aliphatic rings. The van der Waals surface area contributed by atoms with Crippen LogP contribution >= 0.6 is 0 Å². The Bertz CT molecular complexity index is 819. The zero-order valence-electron chi connectivity index (χ0n) is 14.7. The van der Waals surface area contributed by atoms with Crippen LogP contribution in [0.1, 0.15) is 23.2 Å². The summed E-state index contributed by atoms with van der Waals surface area (Å²) in [6.45, 7) is 1.74. The maximum atomic E-state index is 11.9. The lowest BCUT2D eigenvalue weighted by atomic mass is 10.0. The SMILES string of the molecule is COC(=O)c1cc(NC2CCCN(c3cnn(C)c3)C2)ccc1[N+](=O)[O-]. The minimum Gasteiger partial charge on any atom is -0.465 e. The zero-order valence-corrected chi connectivity index (χ0v) is 14.7. The minimum absolute atomic E-state index is 0.0533. The summed E-state index contributed by atoms with van der Waals surface area (Å²) < 4.78 is 6.43. The maximum absolute atomic E-state index is 11.9. The lowest BCUT2D eigenvalue weighted by Gasteiger charge is -2.34. The summed E-state index contributed by atoms with van der Waals surface area (Å²) in [6, 6.07) is 4.59. The Morgan fingerprint density at radius 1 is 1.46 bits per heavy atom. The van der Waals surface area contributed by atoms with Crippen molar-refractivity contribution in [2.45, 2.75) is 18.9 Å². The van der Waals surface area contributed by atoms with E-state index in [1.165, 1.54) is 19.2 Å². The smallest absolute Gasteiger partial charge is 0.344 e. The monoisotopic (exact) mass is 359 g/mol. The van der Waals surface area contributed by atoms with E-state index in [2.05, 4.69) is 20.1 Å². The van der Waals surface area contributed by atoms with Crippen molar-refractivity contribution in [2.75, 3.05) is 30.4 Å². The zero-order chi connectivity index (χ0) is 18.7. The van der Waals surface area contributed by atoms with Crippen LogP contribution < -0.4 is 10.2 Å². The average molecular weight is 359 g/mol. The van der Waals surface area contributed by atoms with Crippen LogP contribution in [0.5, 0.6) is 0 Å². The number of rotatable bonds is 5. The molecule has 1 unspecified atom stereocenters. The van der Waals surface area contributed by atoms with Gasteiger partial charge in [-0.25, -0.2) is 4.79 Å². The predicted molar refractivity (Wildman–Crippen MR) is 96.5 cm³/mol. The van der Waals surface area contributed by atoms with Gasteiger partial charge in [-0.05, 0) is 25.0 Å². The number of methoxy groups -OCH3 is 1. The molecule has 9 nitrogen and oxygen atoms in total. The first-order valence-electron chi connectivity index (χ1n) is 8.35. The molecule has 2 heterocycles. The van der Waals surface area contributed by atoms with Crippen LogP contribution in [0.4, 0.5) is 17.1 Å². The van der Waals surface area contributed by atoms with E-state index in [0.29, 0.717) is 5.69 Å². The van der Waals surface area contributed by atoms with Gasteiger partial charge in [-0.15, -0.1) is 0 Å². The van der Waals surface area contributed by atoms with Gasteiger partial charge in [0.05, 0.1) is 23.9 Å². The van der Waals surface area contributed by atoms with Gasteiger partial charge in [-0.1, -0.05) is 0 Å². The third-order valence-electron chi connectivity index (χ3n) is 4.45. The molecule has 0 aliphatic carbocycles. The van der Waals surface area contributed by atoms with Crippen LogP contribution in [0.3, 0.4) is 0 Å². The van der Waals surface area contributed by atoms with E-state index in [-0.39, 0.29) is 17.3 Å². The number of esters is 1. The van der Waals surface area contributed by atoms with Crippen LogP contribution in [-0.4, -0.2) is 46.9 Å². The van der Waals surface area contributed by atoms with Crippen LogP contribution in [0, 0.1) is 10.1 Å². The van der Waals surface area contributed by atoms with Gasteiger partial charge in [0.2, 0.25) is 0 Å². The van der Waals surface area contributed by atoms with Crippen LogP contribution in [0.25, 0.3) is 0 Å². The Hall–Kier alpha value is -3.10. The van der Waals surface area contributed by atoms with E-state index in [1.54, 1.807) is 10.7 Å². The number of aromatic nitrogens is 2. The van der Waals surface area contributed by atoms with E-state index in [9.17, 15) is 14.9 Å². The van der Waals surface area contributed by atoms with Gasteiger partial charge < -0.3 is 15.0 Å². The number of hydrogen-bond donors (Lipinski definition) is 1. The molecule has 1 atom stereocenters. The molecular formula is C17H21N5O4. The molecule has 138 valence electrons. The van der Waals surface area contributed by atoms with Crippen molar-refractivity contribution in [3.8, 4) is 0 Å². The normalized spacial score (nSPS) is 17.0. The molecule has 3 rings (SSSR count). The number of aryl methyl sites for hydroxylation is 1. The Morgan fingerprint density at radius 3 is 2.92 bits per heavy atom. The summed E-state index contributed by atoms with van der Waals surface area (Å²) in [5.41, 5.74) is 1.41. The quantitative estimate of drug-likeness (QED) is 0.496. The van der Waals surface area contributed by atoms with E-state index >= 15 is 0 Å². The molecule has 0 saturated carbocycles. The van der Waals surface area contributed by atoms with Crippen molar-refractivity contribution in [1.82, 2.24) is 9.78 Å². The first kappa shape index (κ1) is 17.7. The Morgan fingerprint density at radius 2 is 2.27 bits per heavy atom. The fourth-order valence-corrected chi connectivity index (χ4v) is 3.20. The number of nitro benzene ring substituents is 1. The molecule has 0 spiro atoms. The second-order valence-corrected chi connectivity index (χ2v) is 6.28. The number of nitrogens with zero attached hydrogens (tertiary/aromatic N) is 4. The molecule has 0 bridgehead atoms. The Kier molecular flexibility index (Phi) is 5.06. The fraction of sp³-hybridized carbons (Fsp3) is 0.412. The summed E-state index contributed by atoms with van der Waals surface area (Å²) in [5, 5.41) is 18.7. The third-order valence-corrected chi connectivity index (χ3v) is 4.45. The van der Waals surface area contributed by atoms with Crippen molar-refractivity contribution in [2.24, 2.45) is 7.05 Å². The molecule has 1 fully saturated rings. The van der Waals surface area contributed by atoms with Crippen LogP contribution in [0.2, 0.25) is 0 Å². The number of benzene rings is 1. The Balaban J connectivity index is 1.75. The molecule has 26 heavy (non-hydrogen) atoms. The number of nitro groups is 1. The van der Waals surface area contributed by atoms with Crippen molar-refractivity contribution in [3.05, 3.63) is 46.3 Å². The van der Waals surface area contributed by atoms with Crippen molar-refractivity contribution in [3.63, 3.8) is 0 Å². The lowest BCUT2D eigenvalue weighted by molar-refractivity contribution is -0.385. The van der Waals surface area contributed by atoms with Crippen LogP contribution in [0.15, 0.2) is 30.6 Å². The molecule has 0 radical (unpaired) electrons. The van der Waals surface area contributed by atoms with Gasteiger partial charge in [-0.2, -0.15) is 5.10 Å². The van der Waals surface area contributed by atoms with Crippen molar-refractivity contribution < 1.29 is 14.5 Å². The molecule has 1 saturated heterocycles. The molecule has 9 heteroatoms. The van der Waals surface area contributed by atoms with Gasteiger partial charge in [0, 0.05) is 44.1 Å². The molecular weight excluding hydrogens is 338 g/mol. The number of ether oxygens (including phenoxy) is 1. The topological polar surface area (TPSA) is 103 Å². The van der Waals surface area contributed by atoms with Gasteiger partial charge in [0.25, 0.3) is 5.69 Å². The average Bonchev–Trinajstić information content (AvgIpc) is 3.07. The second kappa shape index (κ2) is 7.42. The summed E-state index contributed by atoms with van der Waals surface area (Å²) in [7, 11) is 3.09. The van der Waals surface area contributed by atoms with Gasteiger partial charge >= 0.3 is 5.97 Å². The van der Waals surface area contributed by atoms with E-state index in [0.717, 1.165) is 31.6 Å². The first-order chi connectivity index (χ1) is 12.5. The standard InChI is InChI=1S/C17H21N5O4/c1-20-11-14(9-18-20)21-7-3-4-13(10-21)19-12-5-6-16(22(24)25)15(8-12)17(23)26-2/h5-6,8-9,11,13,19H,3-4,7,10H2,1-2H3. The lowest BCUT2D eigenvalue weighted by Crippen LogP contribution is -2.42. The maximum Gasteiger partial charge on any atom is 0.344 e. The summed E-state index contributed by atoms with van der Waals surface area (Å²) in [4.78, 5) is 24.6. The number of piperidine rings is 1. The molecule has 2 aromatic rings. The summed E-state index contributed by atoms with van der Waals surface area (Å²) in [6.07, 6.45) is 5.80. The summed E-state index contributed by atoms with van der Waals surface area (Å²) in [5.74, 6) is -0.721. The highest BCUT2D eigenvalue weighted by molar-refractivity contribution is 5.95. The highest BCUT2D eigenvalue weighted by Gasteiger charge is 2.24. The van der Waals surface area contributed by atoms with Gasteiger partial charge in [0.1, 0.15) is 5.56 Å². The minimum atomic E-state index is -0.721. The van der Waals surface area contributed by atoms with E-state index in [4.69, 9.17) is 0 Å². The number of carbonyl (C=O) groups excluding carboxylic acids is 1. The highest BCUT2D eigenvalue weighted by Crippen LogP contribution is 2.26. The second-order valence-electron chi connectivity index (χ2n) is 6.28. The number of nitrogens with one attached hydrogen (secondary N) is 1. The first-order valence-corrected chi connectivity index (χ1v) is 8.35. The molecule has 0 amide bonds. The largest absolute Gasteiger partial charge is 0.465 e. The Labute approximate surface area is 150 Å². The van der Waals surface area contributed by atoms with Gasteiger partial charge in [0.15, 0.2) is 0 Å².